The molecule has 0 unspecified atom stereocenters. The molecule has 0 saturated carbocycles. The molecule has 1 amide bonds. The zero-order valence-electron chi connectivity index (χ0n) is 7.62. The van der Waals surface area contributed by atoms with Gasteiger partial charge in [0.05, 0.1) is 0 Å². The van der Waals surface area contributed by atoms with Crippen LogP contribution in [0, 0.1) is 0 Å². The summed E-state index contributed by atoms with van der Waals surface area (Å²) in [6, 6.07) is 3.20. The van der Waals surface area contributed by atoms with Gasteiger partial charge in [-0.05, 0) is 6.07 Å². The topological polar surface area (TPSA) is 107 Å². The van der Waals surface area contributed by atoms with E-state index in [2.05, 4.69) is 10.1 Å². The number of furan rings is 1. The van der Waals surface area contributed by atoms with Crippen LogP contribution in [0.3, 0.4) is 0 Å². The summed E-state index contributed by atoms with van der Waals surface area (Å²) in [7, 11) is 0. The fourth-order valence-electron chi connectivity index (χ4n) is 1.06. The summed E-state index contributed by atoms with van der Waals surface area (Å²) in [6.45, 7) is -0.197. The van der Waals surface area contributed by atoms with E-state index in [4.69, 9.17) is 15.3 Å². The Kier molecular flexibility index (Phi) is 2.22. The van der Waals surface area contributed by atoms with Gasteiger partial charge >= 0.3 is 0 Å². The van der Waals surface area contributed by atoms with E-state index in [1.165, 1.54) is 11.0 Å². The zero-order valence-corrected chi connectivity index (χ0v) is 7.62. The van der Waals surface area contributed by atoms with E-state index in [9.17, 15) is 4.79 Å². The van der Waals surface area contributed by atoms with Crippen LogP contribution in [0.15, 0.2) is 22.9 Å². The van der Waals surface area contributed by atoms with Gasteiger partial charge in [-0.15, -0.1) is 5.10 Å². The normalized spacial score (nSPS) is 10.5. The first-order valence-electron chi connectivity index (χ1n) is 4.12. The van der Waals surface area contributed by atoms with Crippen LogP contribution >= 0.6 is 0 Å². The van der Waals surface area contributed by atoms with Crippen LogP contribution in [0.5, 0.6) is 0 Å². The van der Waals surface area contributed by atoms with Crippen LogP contribution < -0.4 is 5.73 Å². The summed E-state index contributed by atoms with van der Waals surface area (Å²) in [6.07, 6.45) is 1.31. The average Bonchev–Trinajstić information content (AvgIpc) is 2.86. The number of amides is 1. The van der Waals surface area contributed by atoms with E-state index in [1.807, 2.05) is 0 Å². The Labute approximate surface area is 84.1 Å². The quantitative estimate of drug-likeness (QED) is 0.703. The van der Waals surface area contributed by atoms with Crippen molar-refractivity contribution >= 4 is 5.91 Å². The molecule has 2 aromatic heterocycles. The number of nitrogens with zero attached hydrogens (tertiary/aromatic N) is 3. The van der Waals surface area contributed by atoms with Crippen molar-refractivity contribution in [2.24, 2.45) is 5.73 Å². The van der Waals surface area contributed by atoms with Crippen LogP contribution in [-0.4, -0.2) is 25.8 Å². The molecule has 0 radical (unpaired) electrons. The zero-order chi connectivity index (χ0) is 10.8. The monoisotopic (exact) mass is 208 g/mol. The van der Waals surface area contributed by atoms with Crippen LogP contribution in [0.1, 0.15) is 16.4 Å². The number of nitrogens with two attached hydrogens (primary N) is 1. The summed E-state index contributed by atoms with van der Waals surface area (Å²) in [5, 5.41) is 12.6. The first kappa shape index (κ1) is 9.41. The summed E-state index contributed by atoms with van der Waals surface area (Å²) in [5.74, 6) is -0.0280. The standard InChI is InChI=1S/C8H8N4O3/c9-7(14)8-10-4-12(11-8)6-2-1-5(3-13)15-6/h1-2,4,13H,3H2,(H2,9,14). The third-order valence-corrected chi connectivity index (χ3v) is 1.74. The smallest absolute Gasteiger partial charge is 0.288 e. The Balaban J connectivity index is 2.32. The van der Waals surface area contributed by atoms with E-state index in [0.717, 1.165) is 0 Å². The van der Waals surface area contributed by atoms with Crippen LogP contribution in [-0.2, 0) is 6.61 Å². The first-order valence-corrected chi connectivity index (χ1v) is 4.12. The lowest BCUT2D eigenvalue weighted by Gasteiger charge is -1.92. The maximum absolute atomic E-state index is 10.7. The molecule has 2 aromatic rings. The molecular weight excluding hydrogens is 200 g/mol. The molecule has 2 rings (SSSR count). The third-order valence-electron chi connectivity index (χ3n) is 1.74. The first-order chi connectivity index (χ1) is 7.20. The fraction of sp³-hybridized carbons (Fsp3) is 0.125. The molecule has 2 heterocycles. The molecule has 78 valence electrons. The van der Waals surface area contributed by atoms with Gasteiger partial charge in [0.1, 0.15) is 18.7 Å². The van der Waals surface area contributed by atoms with Gasteiger partial charge in [-0.25, -0.2) is 4.98 Å². The molecule has 0 atom stereocenters. The predicted molar refractivity (Wildman–Crippen MR) is 48.1 cm³/mol. The molecule has 0 spiro atoms. The molecule has 7 nitrogen and oxygen atoms in total. The Hall–Kier alpha value is -2.15. The Morgan fingerprint density at radius 3 is 2.93 bits per heavy atom. The minimum Gasteiger partial charge on any atom is -0.441 e. The lowest BCUT2D eigenvalue weighted by molar-refractivity contribution is 0.0990. The van der Waals surface area contributed by atoms with Gasteiger partial charge in [-0.2, -0.15) is 4.68 Å². The number of aliphatic hydroxyl groups is 1. The molecule has 0 fully saturated rings. The second-order valence-corrected chi connectivity index (χ2v) is 2.78. The van der Waals surface area contributed by atoms with Gasteiger partial charge in [-0.3, -0.25) is 4.79 Å². The maximum Gasteiger partial charge on any atom is 0.288 e. The van der Waals surface area contributed by atoms with Gasteiger partial charge in [0.25, 0.3) is 5.91 Å². The second kappa shape index (κ2) is 3.54. The van der Waals surface area contributed by atoms with Crippen LogP contribution in [0.4, 0.5) is 0 Å². The van der Waals surface area contributed by atoms with E-state index in [1.54, 1.807) is 12.1 Å². The number of aliphatic hydroxyl groups excluding tert-OH is 1. The lowest BCUT2D eigenvalue weighted by Crippen LogP contribution is -2.13. The second-order valence-electron chi connectivity index (χ2n) is 2.78. The Bertz CT molecular complexity index is 488. The van der Waals surface area contributed by atoms with Crippen molar-refractivity contribution in [2.45, 2.75) is 6.61 Å². The number of carbonyl (C=O) groups excluding carboxylic acids is 1. The summed E-state index contributed by atoms with van der Waals surface area (Å²) < 4.78 is 6.43. The number of hydrogen-bond acceptors (Lipinski definition) is 5. The molecule has 0 aliphatic carbocycles. The average molecular weight is 208 g/mol. The van der Waals surface area contributed by atoms with Gasteiger partial charge in [0.2, 0.25) is 11.7 Å². The number of primary amides is 1. The van der Waals surface area contributed by atoms with Gasteiger partial charge < -0.3 is 15.3 Å². The summed E-state index contributed by atoms with van der Waals surface area (Å²) in [5.41, 5.74) is 4.99. The van der Waals surface area contributed by atoms with E-state index < -0.39 is 5.91 Å². The lowest BCUT2D eigenvalue weighted by atomic mass is 10.5. The van der Waals surface area contributed by atoms with Crippen LogP contribution in [0.2, 0.25) is 0 Å². The van der Waals surface area contributed by atoms with Crippen molar-refractivity contribution in [2.75, 3.05) is 0 Å². The Morgan fingerprint density at radius 2 is 2.40 bits per heavy atom. The molecule has 7 heteroatoms. The molecule has 3 N–H and O–H groups in total. The van der Waals surface area contributed by atoms with E-state index >= 15 is 0 Å². The van der Waals surface area contributed by atoms with Crippen molar-refractivity contribution in [3.8, 4) is 5.88 Å². The highest BCUT2D eigenvalue weighted by Gasteiger charge is 2.09. The SMILES string of the molecule is NC(=O)c1ncn(-c2ccc(CO)o2)n1. The molecule has 0 bridgehead atoms. The Morgan fingerprint density at radius 1 is 1.60 bits per heavy atom. The van der Waals surface area contributed by atoms with Gasteiger partial charge in [0.15, 0.2) is 0 Å². The van der Waals surface area contributed by atoms with Gasteiger partial charge in [-0.1, -0.05) is 0 Å². The van der Waals surface area contributed by atoms with E-state index in [0.29, 0.717) is 11.6 Å². The predicted octanol–water partition coefficient (Wildman–Crippen LogP) is -0.549. The van der Waals surface area contributed by atoms with Crippen molar-refractivity contribution in [1.29, 1.82) is 0 Å². The van der Waals surface area contributed by atoms with Crippen molar-refractivity contribution < 1.29 is 14.3 Å². The maximum atomic E-state index is 10.7. The van der Waals surface area contributed by atoms with Gasteiger partial charge in [0, 0.05) is 6.07 Å². The fourth-order valence-corrected chi connectivity index (χ4v) is 1.06. The molecule has 0 aliphatic heterocycles. The molecular formula is C8H8N4O3. The molecule has 0 saturated heterocycles. The summed E-state index contributed by atoms with van der Waals surface area (Å²) in [4.78, 5) is 14.4. The molecule has 0 aliphatic rings. The minimum absolute atomic E-state index is 0.0862. The number of aromatic nitrogens is 3. The number of carbonyl (C=O) groups is 1. The van der Waals surface area contributed by atoms with Crippen molar-refractivity contribution in [3.63, 3.8) is 0 Å². The van der Waals surface area contributed by atoms with Crippen molar-refractivity contribution in [3.05, 3.63) is 30.0 Å². The van der Waals surface area contributed by atoms with E-state index in [-0.39, 0.29) is 12.4 Å². The summed E-state index contributed by atoms with van der Waals surface area (Å²) >= 11 is 0. The number of hydrogen-bond donors (Lipinski definition) is 2. The highest BCUT2D eigenvalue weighted by Crippen LogP contribution is 2.11. The van der Waals surface area contributed by atoms with Crippen LogP contribution in [0.25, 0.3) is 5.88 Å². The third kappa shape index (κ3) is 1.72. The van der Waals surface area contributed by atoms with Crippen molar-refractivity contribution in [1.82, 2.24) is 14.8 Å². The largest absolute Gasteiger partial charge is 0.441 e. The molecule has 0 aromatic carbocycles. The number of rotatable bonds is 3. The minimum atomic E-state index is -0.706. The highest BCUT2D eigenvalue weighted by atomic mass is 16.4. The molecule has 15 heavy (non-hydrogen) atoms. The highest BCUT2D eigenvalue weighted by molar-refractivity contribution is 5.88.